The van der Waals surface area contributed by atoms with Crippen LogP contribution in [-0.4, -0.2) is 47.8 Å². The molecule has 130 valence electrons. The summed E-state index contributed by atoms with van der Waals surface area (Å²) in [5.74, 6) is -0.676. The minimum Gasteiger partial charge on any atom is -0.335 e. The van der Waals surface area contributed by atoms with Crippen LogP contribution in [-0.2, 0) is 0 Å². The summed E-state index contributed by atoms with van der Waals surface area (Å²) in [6, 6.07) is 11.2. The highest BCUT2D eigenvalue weighted by molar-refractivity contribution is 6.30. The van der Waals surface area contributed by atoms with Crippen molar-refractivity contribution in [3.05, 3.63) is 70.0 Å². The van der Waals surface area contributed by atoms with Crippen molar-refractivity contribution in [1.82, 2.24) is 9.80 Å². The van der Waals surface area contributed by atoms with Gasteiger partial charge in [0.05, 0.1) is 0 Å². The Hall–Kier alpha value is -2.40. The Bertz CT molecular complexity index is 800. The summed E-state index contributed by atoms with van der Waals surface area (Å²) in [5, 5.41) is 0.581. The van der Waals surface area contributed by atoms with Crippen LogP contribution in [0, 0.1) is 12.7 Å². The fourth-order valence-electron chi connectivity index (χ4n) is 2.80. The van der Waals surface area contributed by atoms with E-state index >= 15 is 0 Å². The van der Waals surface area contributed by atoms with Crippen LogP contribution in [0.4, 0.5) is 4.39 Å². The van der Waals surface area contributed by atoms with E-state index < -0.39 is 0 Å². The molecule has 0 unspecified atom stereocenters. The smallest absolute Gasteiger partial charge is 0.254 e. The third kappa shape index (κ3) is 3.82. The first-order chi connectivity index (χ1) is 12.0. The monoisotopic (exact) mass is 360 g/mol. The molecule has 6 heteroatoms. The largest absolute Gasteiger partial charge is 0.335 e. The van der Waals surface area contributed by atoms with Gasteiger partial charge in [-0.25, -0.2) is 4.39 Å². The minimum absolute atomic E-state index is 0.0786. The molecule has 0 radical (unpaired) electrons. The van der Waals surface area contributed by atoms with Crippen LogP contribution in [0.25, 0.3) is 0 Å². The highest BCUT2D eigenvalue weighted by Crippen LogP contribution is 2.16. The molecule has 0 bridgehead atoms. The first-order valence-electron chi connectivity index (χ1n) is 8.06. The molecule has 2 aromatic carbocycles. The molecule has 3 rings (SSSR count). The number of piperazine rings is 1. The Labute approximate surface area is 150 Å². The maximum Gasteiger partial charge on any atom is 0.254 e. The zero-order valence-corrected chi connectivity index (χ0v) is 14.6. The molecule has 4 nitrogen and oxygen atoms in total. The molecular weight excluding hydrogens is 343 g/mol. The van der Waals surface area contributed by atoms with E-state index in [0.29, 0.717) is 47.9 Å². The number of benzene rings is 2. The van der Waals surface area contributed by atoms with E-state index in [1.165, 1.54) is 6.07 Å². The van der Waals surface area contributed by atoms with Gasteiger partial charge in [0.2, 0.25) is 0 Å². The van der Waals surface area contributed by atoms with E-state index in [2.05, 4.69) is 0 Å². The predicted octanol–water partition coefficient (Wildman–Crippen LogP) is 3.39. The molecule has 0 N–H and O–H groups in total. The predicted molar refractivity (Wildman–Crippen MR) is 94.4 cm³/mol. The van der Waals surface area contributed by atoms with Crippen molar-refractivity contribution in [2.45, 2.75) is 6.92 Å². The van der Waals surface area contributed by atoms with Gasteiger partial charge in [0, 0.05) is 42.3 Å². The average Bonchev–Trinajstić information content (AvgIpc) is 2.63. The number of carbonyl (C=O) groups excluding carboxylic acids is 2. The maximum absolute atomic E-state index is 13.7. The molecule has 25 heavy (non-hydrogen) atoms. The van der Waals surface area contributed by atoms with E-state index in [4.69, 9.17) is 11.6 Å². The highest BCUT2D eigenvalue weighted by Gasteiger charge is 2.25. The standard InChI is InChI=1S/C19H18ClFN2O2/c1-13-2-3-15(12-17(13)21)19(25)23-10-8-22(9-11-23)18(24)14-4-6-16(20)7-5-14/h2-7,12H,8-11H2,1H3. The summed E-state index contributed by atoms with van der Waals surface area (Å²) in [6.45, 7) is 3.40. The van der Waals surface area contributed by atoms with Crippen molar-refractivity contribution in [1.29, 1.82) is 0 Å². The van der Waals surface area contributed by atoms with Crippen molar-refractivity contribution >= 4 is 23.4 Å². The number of hydrogen-bond donors (Lipinski definition) is 0. The first kappa shape index (κ1) is 17.4. The number of rotatable bonds is 2. The van der Waals surface area contributed by atoms with Crippen LogP contribution >= 0.6 is 11.6 Å². The molecule has 1 saturated heterocycles. The molecule has 0 saturated carbocycles. The average molecular weight is 361 g/mol. The van der Waals surface area contributed by atoms with Gasteiger partial charge in [0.1, 0.15) is 5.82 Å². The molecular formula is C19H18ClFN2O2. The van der Waals surface area contributed by atoms with E-state index in [0.717, 1.165) is 0 Å². The number of hydrogen-bond acceptors (Lipinski definition) is 2. The topological polar surface area (TPSA) is 40.6 Å². The fraction of sp³-hybridized carbons (Fsp3) is 0.263. The zero-order chi connectivity index (χ0) is 18.0. The lowest BCUT2D eigenvalue weighted by Crippen LogP contribution is -2.50. The molecule has 1 fully saturated rings. The van der Waals surface area contributed by atoms with E-state index in [1.54, 1.807) is 53.1 Å². The van der Waals surface area contributed by atoms with Gasteiger partial charge in [-0.15, -0.1) is 0 Å². The third-order valence-corrected chi connectivity index (χ3v) is 4.62. The Morgan fingerprint density at radius 2 is 1.36 bits per heavy atom. The molecule has 1 aliphatic rings. The van der Waals surface area contributed by atoms with Gasteiger partial charge < -0.3 is 9.80 Å². The normalized spacial score (nSPS) is 14.5. The Morgan fingerprint density at radius 3 is 1.88 bits per heavy atom. The summed E-state index contributed by atoms with van der Waals surface area (Å²) >= 11 is 5.84. The number of halogens is 2. The van der Waals surface area contributed by atoms with E-state index in [9.17, 15) is 14.0 Å². The van der Waals surface area contributed by atoms with Crippen molar-refractivity contribution < 1.29 is 14.0 Å². The van der Waals surface area contributed by atoms with Crippen LogP contribution in [0.15, 0.2) is 42.5 Å². The van der Waals surface area contributed by atoms with Gasteiger partial charge in [-0.1, -0.05) is 17.7 Å². The SMILES string of the molecule is Cc1ccc(C(=O)N2CCN(C(=O)c3ccc(Cl)cc3)CC2)cc1F. The van der Waals surface area contributed by atoms with Gasteiger partial charge in [-0.3, -0.25) is 9.59 Å². The van der Waals surface area contributed by atoms with Gasteiger partial charge in [0.15, 0.2) is 0 Å². The minimum atomic E-state index is -0.387. The van der Waals surface area contributed by atoms with E-state index in [1.807, 2.05) is 0 Å². The summed E-state index contributed by atoms with van der Waals surface area (Å²) in [6.07, 6.45) is 0. The molecule has 0 atom stereocenters. The van der Waals surface area contributed by atoms with Crippen LogP contribution in [0.3, 0.4) is 0 Å². The summed E-state index contributed by atoms with van der Waals surface area (Å²) in [7, 11) is 0. The lowest BCUT2D eigenvalue weighted by atomic mass is 10.1. The van der Waals surface area contributed by atoms with Gasteiger partial charge in [-0.2, -0.15) is 0 Å². The number of aryl methyl sites for hydroxylation is 1. The second-order valence-electron chi connectivity index (χ2n) is 6.06. The second-order valence-corrected chi connectivity index (χ2v) is 6.49. The number of amides is 2. The van der Waals surface area contributed by atoms with E-state index in [-0.39, 0.29) is 17.6 Å². The molecule has 0 aromatic heterocycles. The molecule has 1 heterocycles. The summed E-state index contributed by atoms with van der Waals surface area (Å²) < 4.78 is 13.7. The highest BCUT2D eigenvalue weighted by atomic mass is 35.5. The Balaban J connectivity index is 1.63. The van der Waals surface area contributed by atoms with Crippen molar-refractivity contribution in [3.8, 4) is 0 Å². The van der Waals surface area contributed by atoms with Crippen LogP contribution < -0.4 is 0 Å². The molecule has 0 spiro atoms. The maximum atomic E-state index is 13.7. The van der Waals surface area contributed by atoms with Gasteiger partial charge in [-0.05, 0) is 48.9 Å². The Morgan fingerprint density at radius 1 is 0.880 bits per heavy atom. The van der Waals surface area contributed by atoms with Crippen LogP contribution in [0.5, 0.6) is 0 Å². The molecule has 0 aliphatic carbocycles. The molecule has 1 aliphatic heterocycles. The third-order valence-electron chi connectivity index (χ3n) is 4.36. The van der Waals surface area contributed by atoms with Crippen molar-refractivity contribution in [2.75, 3.05) is 26.2 Å². The summed E-state index contributed by atoms with van der Waals surface area (Å²) in [4.78, 5) is 28.3. The lowest BCUT2D eigenvalue weighted by Gasteiger charge is -2.35. The van der Waals surface area contributed by atoms with Crippen molar-refractivity contribution in [3.63, 3.8) is 0 Å². The lowest BCUT2D eigenvalue weighted by molar-refractivity contribution is 0.0535. The van der Waals surface area contributed by atoms with Crippen LogP contribution in [0.1, 0.15) is 26.3 Å². The number of carbonyl (C=O) groups is 2. The molecule has 2 aromatic rings. The molecule has 2 amide bonds. The van der Waals surface area contributed by atoms with Gasteiger partial charge >= 0.3 is 0 Å². The quantitative estimate of drug-likeness (QED) is 0.823. The second kappa shape index (κ2) is 7.23. The van der Waals surface area contributed by atoms with Crippen molar-refractivity contribution in [2.24, 2.45) is 0 Å². The fourth-order valence-corrected chi connectivity index (χ4v) is 2.92. The zero-order valence-electron chi connectivity index (χ0n) is 13.8. The Kier molecular flexibility index (Phi) is 5.04. The van der Waals surface area contributed by atoms with Crippen LogP contribution in [0.2, 0.25) is 5.02 Å². The number of nitrogens with zero attached hydrogens (tertiary/aromatic N) is 2. The van der Waals surface area contributed by atoms with Gasteiger partial charge in [0.25, 0.3) is 11.8 Å². The first-order valence-corrected chi connectivity index (χ1v) is 8.44. The summed E-state index contributed by atoms with van der Waals surface area (Å²) in [5.41, 5.74) is 1.42.